The van der Waals surface area contributed by atoms with Crippen molar-refractivity contribution >= 4 is 40.4 Å². The average Bonchev–Trinajstić information content (AvgIpc) is 3.12. The molecule has 0 aromatic heterocycles. The zero-order valence-electron chi connectivity index (χ0n) is 23.0. The molecule has 1 heterocycles. The lowest BCUT2D eigenvalue weighted by Crippen LogP contribution is -2.33. The Morgan fingerprint density at radius 2 is 0.974 bits per heavy atom. The summed E-state index contributed by atoms with van der Waals surface area (Å²) in [5.41, 5.74) is 11.3. The van der Waals surface area contributed by atoms with E-state index in [4.69, 9.17) is 0 Å². The van der Waals surface area contributed by atoms with Crippen LogP contribution < -0.4 is 0 Å². The minimum absolute atomic E-state index is 0.627. The van der Waals surface area contributed by atoms with Crippen LogP contribution in [0.4, 0.5) is 0 Å². The fourth-order valence-corrected chi connectivity index (χ4v) is 10.1. The summed E-state index contributed by atoms with van der Waals surface area (Å²) in [4.78, 5) is 0. The van der Waals surface area contributed by atoms with E-state index in [-0.39, 0.29) is 0 Å². The summed E-state index contributed by atoms with van der Waals surface area (Å²) >= 11 is 0. The van der Waals surface area contributed by atoms with Gasteiger partial charge in [-0.1, -0.05) is 130 Å². The van der Waals surface area contributed by atoms with E-state index >= 15 is 0 Å². The minimum atomic E-state index is -1.45. The maximum atomic E-state index is 2.58. The molecule has 0 nitrogen and oxygen atoms in total. The van der Waals surface area contributed by atoms with Crippen LogP contribution in [0.1, 0.15) is 41.6 Å². The van der Waals surface area contributed by atoms with Crippen molar-refractivity contribution in [3.8, 4) is 22.3 Å². The Labute approximate surface area is 227 Å². The smallest absolute Gasteiger partial charge is 0.0621 e. The van der Waals surface area contributed by atoms with E-state index in [1.165, 1.54) is 60.1 Å². The first kappa shape index (κ1) is 23.4. The van der Waals surface area contributed by atoms with Crippen molar-refractivity contribution in [2.45, 2.75) is 44.9 Å². The highest BCUT2D eigenvalue weighted by Gasteiger charge is 2.45. The van der Waals surface area contributed by atoms with Crippen LogP contribution >= 0.6 is 0 Å². The van der Waals surface area contributed by atoms with Crippen LogP contribution in [-0.4, -0.2) is 8.07 Å². The van der Waals surface area contributed by atoms with Gasteiger partial charge in [-0.25, -0.2) is 0 Å². The average molecular weight is 507 g/mol. The fraction of sp³-hybridized carbons (Fsp3) is 0.189. The summed E-state index contributed by atoms with van der Waals surface area (Å²) in [6, 6.07) is 38.8. The first-order valence-corrected chi connectivity index (χ1v) is 17.1. The Morgan fingerprint density at radius 3 is 1.55 bits per heavy atom. The molecule has 1 heteroatoms. The second-order valence-electron chi connectivity index (χ2n) is 11.9. The molecule has 0 fully saturated rings. The van der Waals surface area contributed by atoms with Gasteiger partial charge in [-0.05, 0) is 89.3 Å². The molecule has 1 aliphatic heterocycles. The highest BCUT2D eigenvalue weighted by atomic mass is 28.3. The number of aryl methyl sites for hydroxylation is 1. The molecule has 0 saturated heterocycles. The van der Waals surface area contributed by atoms with Crippen molar-refractivity contribution in [1.82, 2.24) is 0 Å². The molecule has 0 bridgehead atoms. The first-order valence-electron chi connectivity index (χ1n) is 13.9. The van der Waals surface area contributed by atoms with Crippen LogP contribution in [0.5, 0.6) is 0 Å². The van der Waals surface area contributed by atoms with Crippen molar-refractivity contribution in [2.75, 3.05) is 0 Å². The van der Waals surface area contributed by atoms with Gasteiger partial charge in [0.05, 0.1) is 8.07 Å². The third-order valence-electron chi connectivity index (χ3n) is 9.88. The van der Waals surface area contributed by atoms with Crippen molar-refractivity contribution in [1.29, 1.82) is 0 Å². The van der Waals surface area contributed by atoms with Crippen LogP contribution in [0.15, 0.2) is 103 Å². The lowest BCUT2D eigenvalue weighted by atomic mass is 9.82. The van der Waals surface area contributed by atoms with Gasteiger partial charge >= 0.3 is 0 Å². The summed E-state index contributed by atoms with van der Waals surface area (Å²) in [6.45, 7) is 12.3. The van der Waals surface area contributed by atoms with E-state index in [9.17, 15) is 0 Å². The number of hydrogen-bond donors (Lipinski definition) is 0. The molecular formula is C37H34Si. The third-order valence-corrected chi connectivity index (χ3v) is 14.9. The highest BCUT2D eigenvalue weighted by Crippen LogP contribution is 2.53. The van der Waals surface area contributed by atoms with Crippen LogP contribution in [-0.2, 0) is 0 Å². The second-order valence-corrected chi connectivity index (χ2v) is 17.3. The van der Waals surface area contributed by atoms with Crippen molar-refractivity contribution in [2.24, 2.45) is 0 Å². The summed E-state index contributed by atoms with van der Waals surface area (Å²) in [5.74, 6) is 0. The monoisotopic (exact) mass is 506 g/mol. The highest BCUT2D eigenvalue weighted by molar-refractivity contribution is 6.81. The Balaban J connectivity index is 1.65. The quantitative estimate of drug-likeness (QED) is 0.162. The molecule has 6 aromatic rings. The summed E-state index contributed by atoms with van der Waals surface area (Å²) < 4.78 is 0. The Hall–Kier alpha value is -3.68. The third kappa shape index (κ3) is 3.15. The van der Waals surface area contributed by atoms with Crippen LogP contribution in [0, 0.1) is 6.92 Å². The van der Waals surface area contributed by atoms with Crippen molar-refractivity contribution < 1.29 is 0 Å². The fourth-order valence-electron chi connectivity index (χ4n) is 7.19. The van der Waals surface area contributed by atoms with Crippen LogP contribution in [0.25, 0.3) is 54.6 Å². The molecule has 0 saturated carbocycles. The molecule has 0 aliphatic carbocycles. The van der Waals surface area contributed by atoms with Crippen LogP contribution in [0.2, 0.25) is 13.1 Å². The number of rotatable bonds is 2. The maximum Gasteiger partial charge on any atom is 0.0621 e. The first-order chi connectivity index (χ1) is 18.4. The zero-order chi connectivity index (χ0) is 26.2. The molecule has 0 amide bonds. The summed E-state index contributed by atoms with van der Waals surface area (Å²) in [7, 11) is -1.45. The van der Waals surface area contributed by atoms with E-state index in [1.807, 2.05) is 0 Å². The van der Waals surface area contributed by atoms with Gasteiger partial charge in [0.1, 0.15) is 0 Å². The van der Waals surface area contributed by atoms with Gasteiger partial charge in [0.25, 0.3) is 0 Å². The molecule has 186 valence electrons. The van der Waals surface area contributed by atoms with E-state index < -0.39 is 8.07 Å². The van der Waals surface area contributed by atoms with Gasteiger partial charge < -0.3 is 0 Å². The Morgan fingerprint density at radius 1 is 0.474 bits per heavy atom. The molecular weight excluding hydrogens is 472 g/mol. The predicted octanol–water partition coefficient (Wildman–Crippen LogP) is 10.8. The molecule has 0 spiro atoms. The van der Waals surface area contributed by atoms with Gasteiger partial charge in [-0.3, -0.25) is 0 Å². The predicted molar refractivity (Wildman–Crippen MR) is 169 cm³/mol. The molecule has 0 N–H and O–H groups in total. The Kier molecular flexibility index (Phi) is 5.19. The SMILES string of the molecule is Cc1ccc(-c2c3ccccc3c(-c3cccc4c3C(C)[Si](C)(C)C4C)c3ccccc23)c2ccccc12. The van der Waals surface area contributed by atoms with Gasteiger partial charge in [-0.2, -0.15) is 0 Å². The largest absolute Gasteiger partial charge is 0.0685 e. The van der Waals surface area contributed by atoms with Gasteiger partial charge in [0.15, 0.2) is 0 Å². The van der Waals surface area contributed by atoms with E-state index in [2.05, 4.69) is 137 Å². The standard InChI is InChI=1S/C37H34Si/c1-23-21-22-33(28-14-7-6-13-26(23)28)36-29-15-8-10-17-31(29)37(32-18-11-9-16-30(32)36)34-20-12-19-27-24(2)38(4,5)25(3)35(27)34/h6-22,24-25H,1-5H3. The molecule has 2 unspecified atom stereocenters. The molecule has 38 heavy (non-hydrogen) atoms. The Bertz CT molecular complexity index is 1830. The maximum absolute atomic E-state index is 2.58. The molecule has 0 radical (unpaired) electrons. The number of benzene rings is 6. The van der Waals surface area contributed by atoms with Crippen LogP contribution in [0.3, 0.4) is 0 Å². The molecule has 6 aromatic carbocycles. The second kappa shape index (κ2) is 8.41. The van der Waals surface area contributed by atoms with E-state index in [0.717, 1.165) is 0 Å². The number of hydrogen-bond acceptors (Lipinski definition) is 0. The molecule has 2 atom stereocenters. The zero-order valence-corrected chi connectivity index (χ0v) is 24.0. The van der Waals surface area contributed by atoms with Gasteiger partial charge in [-0.15, -0.1) is 0 Å². The van der Waals surface area contributed by atoms with Gasteiger partial charge in [0, 0.05) is 0 Å². The number of fused-ring (bicyclic) bond motifs is 4. The summed E-state index contributed by atoms with van der Waals surface area (Å²) in [5, 5.41) is 8.03. The van der Waals surface area contributed by atoms with E-state index in [0.29, 0.717) is 11.1 Å². The molecule has 7 rings (SSSR count). The van der Waals surface area contributed by atoms with Crippen molar-refractivity contribution in [3.63, 3.8) is 0 Å². The lowest BCUT2D eigenvalue weighted by Gasteiger charge is -2.27. The van der Waals surface area contributed by atoms with Crippen molar-refractivity contribution in [3.05, 3.63) is 120 Å². The summed E-state index contributed by atoms with van der Waals surface area (Å²) in [6.07, 6.45) is 0. The minimum Gasteiger partial charge on any atom is -0.0685 e. The topological polar surface area (TPSA) is 0 Å². The molecule has 1 aliphatic rings. The van der Waals surface area contributed by atoms with Gasteiger partial charge in [0.2, 0.25) is 0 Å². The lowest BCUT2D eigenvalue weighted by molar-refractivity contribution is 1.02. The normalized spacial score (nSPS) is 18.3. The van der Waals surface area contributed by atoms with E-state index in [1.54, 1.807) is 11.1 Å².